The highest BCUT2D eigenvalue weighted by Crippen LogP contribution is 2.45. The number of carbonyl (C=O) groups is 1. The number of rotatable bonds is 3. The lowest BCUT2D eigenvalue weighted by molar-refractivity contribution is -0.130. The first kappa shape index (κ1) is 18.5. The molecule has 0 aliphatic carbocycles. The van der Waals surface area contributed by atoms with Crippen LogP contribution < -0.4 is 0 Å². The number of hydrogen-bond acceptors (Lipinski definition) is 3. The van der Waals surface area contributed by atoms with Crippen LogP contribution in [0.25, 0.3) is 16.7 Å². The molecule has 1 N–H and O–H groups in total. The summed E-state index contributed by atoms with van der Waals surface area (Å²) in [5.41, 5.74) is 3.21. The number of ether oxygens (including phenoxy) is 1. The van der Waals surface area contributed by atoms with Gasteiger partial charge in [-0.3, -0.25) is 4.79 Å². The van der Waals surface area contributed by atoms with Crippen LogP contribution in [0.2, 0.25) is 10.0 Å². The Bertz CT molecular complexity index is 980. The average molecular weight is 403 g/mol. The molecule has 2 heterocycles. The number of Topliss-reactive ketones (excluding diaryl/α,β-unsaturated/α-hetero) is 1. The van der Waals surface area contributed by atoms with Crippen molar-refractivity contribution in [1.82, 2.24) is 0 Å². The second-order valence-corrected chi connectivity index (χ2v) is 8.13. The van der Waals surface area contributed by atoms with E-state index in [0.717, 1.165) is 28.7 Å². The summed E-state index contributed by atoms with van der Waals surface area (Å²) in [5, 5.41) is 11.9. The first-order valence-corrected chi connectivity index (χ1v) is 9.84. The summed E-state index contributed by atoms with van der Waals surface area (Å²) in [6.07, 6.45) is 1.56. The van der Waals surface area contributed by atoms with Crippen molar-refractivity contribution in [3.63, 3.8) is 0 Å². The zero-order valence-electron chi connectivity index (χ0n) is 15.2. The van der Waals surface area contributed by atoms with Crippen LogP contribution in [0.1, 0.15) is 37.8 Å². The molecule has 27 heavy (non-hydrogen) atoms. The predicted octanol–water partition coefficient (Wildman–Crippen LogP) is 6.01. The van der Waals surface area contributed by atoms with E-state index in [0.29, 0.717) is 28.5 Å². The van der Waals surface area contributed by atoms with Gasteiger partial charge in [0.25, 0.3) is 0 Å². The van der Waals surface area contributed by atoms with Crippen molar-refractivity contribution in [3.05, 3.63) is 63.3 Å². The highest BCUT2D eigenvalue weighted by molar-refractivity contribution is 6.42. The molecule has 0 aromatic heterocycles. The van der Waals surface area contributed by atoms with Crippen LogP contribution in [0.5, 0.6) is 0 Å². The molecular formula is C22H20Cl2O3. The maximum Gasteiger partial charge on any atom is 0.195 e. The molecule has 0 spiro atoms. The molecule has 0 saturated carbocycles. The van der Waals surface area contributed by atoms with Gasteiger partial charge in [-0.25, -0.2) is 0 Å². The quantitative estimate of drug-likeness (QED) is 0.683. The second-order valence-electron chi connectivity index (χ2n) is 7.32. The number of carbonyl (C=O) groups excluding carboxylic acids is 1. The van der Waals surface area contributed by atoms with E-state index in [1.54, 1.807) is 12.1 Å². The van der Waals surface area contributed by atoms with E-state index in [9.17, 15) is 9.90 Å². The van der Waals surface area contributed by atoms with Crippen molar-refractivity contribution in [2.24, 2.45) is 0 Å². The largest absolute Gasteiger partial charge is 0.508 e. The molecule has 5 heteroatoms. The van der Waals surface area contributed by atoms with Crippen LogP contribution in [-0.4, -0.2) is 22.6 Å². The fraction of sp³-hybridized carbons (Fsp3) is 0.318. The van der Waals surface area contributed by atoms with Crippen LogP contribution >= 0.6 is 23.2 Å². The van der Waals surface area contributed by atoms with Crippen molar-refractivity contribution in [1.29, 1.82) is 0 Å². The molecule has 2 aromatic rings. The Morgan fingerprint density at radius 1 is 1.15 bits per heavy atom. The predicted molar refractivity (Wildman–Crippen MR) is 108 cm³/mol. The van der Waals surface area contributed by atoms with Crippen LogP contribution in [-0.2, 0) is 16.0 Å². The van der Waals surface area contributed by atoms with Gasteiger partial charge in [-0.15, -0.1) is 0 Å². The minimum Gasteiger partial charge on any atom is -0.508 e. The zero-order chi connectivity index (χ0) is 19.3. The Hall–Kier alpha value is -1.81. The van der Waals surface area contributed by atoms with Crippen LogP contribution in [0.3, 0.4) is 0 Å². The first-order valence-electron chi connectivity index (χ1n) is 9.08. The number of ketones is 1. The molecule has 3 nitrogen and oxygen atoms in total. The van der Waals surface area contributed by atoms with Gasteiger partial charge in [-0.1, -0.05) is 48.3 Å². The molecular weight excluding hydrogens is 383 g/mol. The van der Waals surface area contributed by atoms with Gasteiger partial charge in [0.1, 0.15) is 17.5 Å². The van der Waals surface area contributed by atoms with Crippen LogP contribution in [0.15, 0.2) is 42.2 Å². The zero-order valence-corrected chi connectivity index (χ0v) is 16.7. The molecule has 2 unspecified atom stereocenters. The summed E-state index contributed by atoms with van der Waals surface area (Å²) in [5.74, 6) is -0.0919. The molecule has 2 atom stereocenters. The number of hydrogen-bond donors (Lipinski definition) is 1. The van der Waals surface area contributed by atoms with Crippen LogP contribution in [0, 0.1) is 0 Å². The molecule has 0 radical (unpaired) electrons. The maximum atomic E-state index is 13.0. The topological polar surface area (TPSA) is 46.5 Å². The Morgan fingerprint density at radius 3 is 2.56 bits per heavy atom. The van der Waals surface area contributed by atoms with Crippen LogP contribution in [0.4, 0.5) is 0 Å². The van der Waals surface area contributed by atoms with E-state index >= 15 is 0 Å². The maximum absolute atomic E-state index is 13.0. The minimum absolute atomic E-state index is 0.0437. The fourth-order valence-corrected chi connectivity index (χ4v) is 4.27. The lowest BCUT2D eigenvalue weighted by atomic mass is 9.86. The van der Waals surface area contributed by atoms with Crippen molar-refractivity contribution < 1.29 is 14.6 Å². The number of fused-ring (bicyclic) bond motifs is 2. The highest BCUT2D eigenvalue weighted by Gasteiger charge is 2.50. The molecule has 2 bridgehead atoms. The summed E-state index contributed by atoms with van der Waals surface area (Å²) in [4.78, 5) is 13.0. The highest BCUT2D eigenvalue weighted by atomic mass is 35.5. The first-order chi connectivity index (χ1) is 12.8. The summed E-state index contributed by atoms with van der Waals surface area (Å²) in [7, 11) is 0. The third-order valence-corrected chi connectivity index (χ3v) is 6.31. The third-order valence-electron chi connectivity index (χ3n) is 5.58. The number of halogens is 2. The van der Waals surface area contributed by atoms with Gasteiger partial charge in [-0.2, -0.15) is 0 Å². The number of aryl methyl sites for hydroxylation is 1. The van der Waals surface area contributed by atoms with Gasteiger partial charge < -0.3 is 9.84 Å². The molecule has 1 saturated heterocycles. The van der Waals surface area contributed by atoms with Gasteiger partial charge in [-0.05, 0) is 66.6 Å². The Kier molecular flexibility index (Phi) is 4.58. The molecule has 2 aromatic carbocycles. The fourth-order valence-electron chi connectivity index (χ4n) is 3.97. The minimum atomic E-state index is -0.779. The van der Waals surface area contributed by atoms with Gasteiger partial charge in [0.2, 0.25) is 0 Å². The third kappa shape index (κ3) is 2.98. The normalized spacial score (nSPS) is 24.6. The SMILES string of the molecule is CCc1ccc(-c2ccc(Cl)c(Cl)c2)cc1C1=C(O)C2(C)CCC(O2)C1=O. The van der Waals surface area contributed by atoms with E-state index in [4.69, 9.17) is 27.9 Å². The monoisotopic (exact) mass is 402 g/mol. The summed E-state index contributed by atoms with van der Waals surface area (Å²) < 4.78 is 5.79. The van der Waals surface area contributed by atoms with Gasteiger partial charge in [0.05, 0.1) is 15.6 Å². The van der Waals surface area contributed by atoms with E-state index < -0.39 is 11.7 Å². The van der Waals surface area contributed by atoms with Crippen molar-refractivity contribution >= 4 is 34.6 Å². The second kappa shape index (κ2) is 6.66. The summed E-state index contributed by atoms with van der Waals surface area (Å²) in [6, 6.07) is 11.4. The van der Waals surface area contributed by atoms with Gasteiger partial charge in [0.15, 0.2) is 5.78 Å². The Labute approximate surface area is 168 Å². The molecule has 2 aliphatic heterocycles. The Balaban J connectivity index is 1.89. The molecule has 4 rings (SSSR count). The smallest absolute Gasteiger partial charge is 0.195 e. The molecule has 1 fully saturated rings. The van der Waals surface area contributed by atoms with Crippen molar-refractivity contribution in [2.75, 3.05) is 0 Å². The molecule has 0 amide bonds. The van der Waals surface area contributed by atoms with Crippen molar-refractivity contribution in [3.8, 4) is 11.1 Å². The average Bonchev–Trinajstić information content (AvgIpc) is 3.03. The lowest BCUT2D eigenvalue weighted by Crippen LogP contribution is -2.37. The number of aliphatic hydroxyl groups excluding tert-OH is 1. The van der Waals surface area contributed by atoms with Crippen molar-refractivity contribution in [2.45, 2.75) is 44.8 Å². The van der Waals surface area contributed by atoms with E-state index in [1.807, 2.05) is 38.1 Å². The van der Waals surface area contributed by atoms with E-state index in [2.05, 4.69) is 0 Å². The van der Waals surface area contributed by atoms with Gasteiger partial charge >= 0.3 is 0 Å². The standard InChI is InChI=1S/C22H20Cl2O3/c1-3-12-4-5-13(14-6-7-16(23)17(24)11-14)10-15(12)19-20(25)18-8-9-22(2,27-18)21(19)26/h4-7,10-11,18,26H,3,8-9H2,1-2H3. The molecule has 140 valence electrons. The Morgan fingerprint density at radius 2 is 1.85 bits per heavy atom. The van der Waals surface area contributed by atoms with E-state index in [-0.39, 0.29) is 11.5 Å². The van der Waals surface area contributed by atoms with E-state index in [1.165, 1.54) is 0 Å². The van der Waals surface area contributed by atoms with Gasteiger partial charge in [0, 0.05) is 0 Å². The molecule has 2 aliphatic rings. The number of aliphatic hydroxyl groups is 1. The summed E-state index contributed by atoms with van der Waals surface area (Å²) in [6.45, 7) is 3.89. The number of benzene rings is 2. The lowest BCUT2D eigenvalue weighted by Gasteiger charge is -2.31. The summed E-state index contributed by atoms with van der Waals surface area (Å²) >= 11 is 12.2.